The lowest BCUT2D eigenvalue weighted by atomic mass is 10.1. The van der Waals surface area contributed by atoms with Crippen molar-refractivity contribution in [2.24, 2.45) is 10.7 Å². The zero-order chi connectivity index (χ0) is 16.7. The summed E-state index contributed by atoms with van der Waals surface area (Å²) in [5.74, 6) is 0. The lowest BCUT2D eigenvalue weighted by Gasteiger charge is -2.26. The molecule has 0 aromatic heterocycles. The van der Waals surface area contributed by atoms with Crippen LogP contribution in [0.15, 0.2) is 34.0 Å². The zero-order valence-corrected chi connectivity index (χ0v) is 12.1. The Kier molecular flexibility index (Phi) is 4.21. The second kappa shape index (κ2) is 5.65. The number of nitro benzene ring substituents is 1. The monoisotopic (exact) mass is 354 g/mol. The molecular formula is C11H7Cl2F3N4O2. The van der Waals surface area contributed by atoms with Gasteiger partial charge in [-0.25, -0.2) is 4.99 Å². The molecule has 0 bridgehead atoms. The van der Waals surface area contributed by atoms with Crippen molar-refractivity contribution in [2.45, 2.75) is 6.18 Å². The summed E-state index contributed by atoms with van der Waals surface area (Å²) in [6, 6.07) is 2.07. The van der Waals surface area contributed by atoms with Crippen LogP contribution in [0.25, 0.3) is 0 Å². The molecule has 0 saturated carbocycles. The fourth-order valence-corrected chi connectivity index (χ4v) is 2.19. The van der Waals surface area contributed by atoms with Gasteiger partial charge >= 0.3 is 6.18 Å². The van der Waals surface area contributed by atoms with Gasteiger partial charge in [0, 0.05) is 6.07 Å². The largest absolute Gasteiger partial charge is 0.416 e. The van der Waals surface area contributed by atoms with Crippen molar-refractivity contribution in [3.8, 4) is 0 Å². The fourth-order valence-electron chi connectivity index (χ4n) is 1.77. The molecule has 1 aliphatic heterocycles. The first-order chi connectivity index (χ1) is 10.1. The van der Waals surface area contributed by atoms with Gasteiger partial charge in [0.05, 0.1) is 10.5 Å². The number of aliphatic imine (C=N–C) groups is 1. The fraction of sp³-hybridized carbons (Fsp3) is 0.182. The van der Waals surface area contributed by atoms with E-state index in [1.165, 1.54) is 0 Å². The molecule has 0 saturated heterocycles. The maximum absolute atomic E-state index is 12.7. The quantitative estimate of drug-likeness (QED) is 0.501. The lowest BCUT2D eigenvalue weighted by molar-refractivity contribution is -0.384. The van der Waals surface area contributed by atoms with Gasteiger partial charge in [0.1, 0.15) is 23.2 Å². The first-order valence-corrected chi connectivity index (χ1v) is 6.37. The highest BCUT2D eigenvalue weighted by Crippen LogP contribution is 2.38. The number of hydrogen-bond donors (Lipinski definition) is 1. The van der Waals surface area contributed by atoms with Crippen molar-refractivity contribution in [3.63, 3.8) is 0 Å². The average Bonchev–Trinajstić information content (AvgIpc) is 2.43. The lowest BCUT2D eigenvalue weighted by Crippen LogP contribution is -2.30. The van der Waals surface area contributed by atoms with Crippen molar-refractivity contribution in [2.75, 3.05) is 11.6 Å². The molecule has 22 heavy (non-hydrogen) atoms. The average molecular weight is 355 g/mol. The summed E-state index contributed by atoms with van der Waals surface area (Å²) in [5.41, 5.74) is 3.37. The van der Waals surface area contributed by atoms with Gasteiger partial charge in [0.15, 0.2) is 5.17 Å². The third-order valence-corrected chi connectivity index (χ3v) is 3.55. The van der Waals surface area contributed by atoms with E-state index in [1.807, 2.05) is 0 Å². The number of nitrogens with two attached hydrogens (primary N) is 1. The Balaban J connectivity index is 2.55. The van der Waals surface area contributed by atoms with E-state index < -0.39 is 22.4 Å². The van der Waals surface area contributed by atoms with Crippen LogP contribution >= 0.6 is 23.2 Å². The Morgan fingerprint density at radius 3 is 2.55 bits per heavy atom. The van der Waals surface area contributed by atoms with Crippen molar-refractivity contribution >= 4 is 39.7 Å². The highest BCUT2D eigenvalue weighted by molar-refractivity contribution is 6.70. The smallest absolute Gasteiger partial charge is 0.394 e. The predicted molar refractivity (Wildman–Crippen MR) is 75.8 cm³/mol. The topological polar surface area (TPSA) is 84.8 Å². The molecule has 0 atom stereocenters. The molecule has 1 heterocycles. The Bertz CT molecular complexity index is 703. The van der Waals surface area contributed by atoms with Crippen LogP contribution in [-0.4, -0.2) is 16.8 Å². The van der Waals surface area contributed by atoms with E-state index in [0.29, 0.717) is 12.1 Å². The van der Waals surface area contributed by atoms with Gasteiger partial charge in [0.2, 0.25) is 0 Å². The summed E-state index contributed by atoms with van der Waals surface area (Å²) in [4.78, 5) is 15.0. The van der Waals surface area contributed by atoms with Crippen LogP contribution in [0.5, 0.6) is 0 Å². The van der Waals surface area contributed by atoms with Crippen molar-refractivity contribution in [1.82, 2.24) is 0 Å². The summed E-state index contributed by atoms with van der Waals surface area (Å²) in [6.45, 7) is -0.204. The highest BCUT2D eigenvalue weighted by atomic mass is 35.5. The molecule has 1 aromatic rings. The van der Waals surface area contributed by atoms with E-state index >= 15 is 0 Å². The van der Waals surface area contributed by atoms with Crippen molar-refractivity contribution < 1.29 is 18.1 Å². The van der Waals surface area contributed by atoms with Crippen LogP contribution in [0, 0.1) is 10.1 Å². The Morgan fingerprint density at radius 2 is 2.00 bits per heavy atom. The molecule has 0 radical (unpaired) electrons. The maximum atomic E-state index is 12.7. The molecule has 1 aliphatic rings. The van der Waals surface area contributed by atoms with E-state index in [1.54, 1.807) is 0 Å². The van der Waals surface area contributed by atoms with E-state index in [-0.39, 0.29) is 28.4 Å². The molecule has 0 aliphatic carbocycles. The molecule has 0 fully saturated rings. The third-order valence-electron chi connectivity index (χ3n) is 2.82. The Morgan fingerprint density at radius 1 is 1.36 bits per heavy atom. The molecule has 0 unspecified atom stereocenters. The van der Waals surface area contributed by atoms with E-state index in [4.69, 9.17) is 28.9 Å². The number of benzene rings is 1. The van der Waals surface area contributed by atoms with Crippen molar-refractivity contribution in [3.05, 3.63) is 44.7 Å². The summed E-state index contributed by atoms with van der Waals surface area (Å²) >= 11 is 11.6. The molecule has 0 spiro atoms. The van der Waals surface area contributed by atoms with Crippen molar-refractivity contribution in [1.29, 1.82) is 0 Å². The maximum Gasteiger partial charge on any atom is 0.416 e. The number of nitro groups is 1. The predicted octanol–water partition coefficient (Wildman–Crippen LogP) is 3.40. The minimum Gasteiger partial charge on any atom is -0.394 e. The van der Waals surface area contributed by atoms with Crippen LogP contribution in [0.3, 0.4) is 0 Å². The van der Waals surface area contributed by atoms with Gasteiger partial charge in [0.25, 0.3) is 5.69 Å². The third kappa shape index (κ3) is 2.95. The van der Waals surface area contributed by atoms with Gasteiger partial charge in [-0.05, 0) is 12.1 Å². The molecule has 2 N–H and O–H groups in total. The zero-order valence-electron chi connectivity index (χ0n) is 10.6. The number of allylic oxidation sites excluding steroid dienone is 1. The molecule has 0 amide bonds. The SMILES string of the molecule is NC1=C(Cl)N(c2ccc(C(F)(F)F)cc2[N+](=O)[O-])CN=C1Cl. The molecule has 2 rings (SSSR count). The number of alkyl halides is 3. The number of hydrogen-bond acceptors (Lipinski definition) is 5. The first-order valence-electron chi connectivity index (χ1n) is 5.61. The van der Waals surface area contributed by atoms with Gasteiger partial charge < -0.3 is 10.6 Å². The van der Waals surface area contributed by atoms with Crippen LogP contribution < -0.4 is 10.6 Å². The summed E-state index contributed by atoms with van der Waals surface area (Å²) < 4.78 is 38.0. The second-order valence-electron chi connectivity index (χ2n) is 4.18. The summed E-state index contributed by atoms with van der Waals surface area (Å²) in [5, 5.41) is 10.8. The van der Waals surface area contributed by atoms with Crippen LogP contribution in [0.4, 0.5) is 24.5 Å². The first kappa shape index (κ1) is 16.4. The molecule has 118 valence electrons. The van der Waals surface area contributed by atoms with Crippen LogP contribution in [-0.2, 0) is 6.18 Å². The number of rotatable bonds is 2. The standard InChI is InChI=1S/C11H7Cl2F3N4O2/c12-9-8(17)10(13)19(4-18-9)6-2-1-5(11(14,15)16)3-7(6)20(21)22/h1-3H,4,17H2. The summed E-state index contributed by atoms with van der Waals surface area (Å²) in [6.07, 6.45) is -4.70. The van der Waals surface area contributed by atoms with Gasteiger partial charge in [-0.3, -0.25) is 10.1 Å². The molecular weight excluding hydrogens is 348 g/mol. The Hall–Kier alpha value is -2.00. The number of anilines is 1. The normalized spacial score (nSPS) is 15.9. The number of nitrogens with zero attached hydrogens (tertiary/aromatic N) is 3. The van der Waals surface area contributed by atoms with Crippen LogP contribution in [0.1, 0.15) is 5.56 Å². The second-order valence-corrected chi connectivity index (χ2v) is 4.90. The van der Waals surface area contributed by atoms with Gasteiger partial charge in [-0.2, -0.15) is 13.2 Å². The molecule has 11 heteroatoms. The van der Waals surface area contributed by atoms with Crippen LogP contribution in [0.2, 0.25) is 0 Å². The van der Waals surface area contributed by atoms with Gasteiger partial charge in [-0.1, -0.05) is 23.2 Å². The molecule has 6 nitrogen and oxygen atoms in total. The van der Waals surface area contributed by atoms with E-state index in [0.717, 1.165) is 11.0 Å². The van der Waals surface area contributed by atoms with E-state index in [9.17, 15) is 23.3 Å². The minimum atomic E-state index is -4.70. The Labute approximate surface area is 131 Å². The summed E-state index contributed by atoms with van der Waals surface area (Å²) in [7, 11) is 0. The van der Waals surface area contributed by atoms with E-state index in [2.05, 4.69) is 4.99 Å². The van der Waals surface area contributed by atoms with Gasteiger partial charge in [-0.15, -0.1) is 0 Å². The highest BCUT2D eigenvalue weighted by Gasteiger charge is 2.34. The minimum absolute atomic E-state index is 0.0733. The number of halogens is 5. The molecule has 1 aromatic carbocycles.